The van der Waals surface area contributed by atoms with Crippen LogP contribution in [0.3, 0.4) is 0 Å². The minimum Gasteiger partial charge on any atom is -0.0601 e. The van der Waals surface area contributed by atoms with E-state index in [0.717, 1.165) is 3.57 Å². The van der Waals surface area contributed by atoms with Crippen molar-refractivity contribution < 1.29 is 0 Å². The maximum Gasteiger partial charge on any atom is 0.0464 e. The van der Waals surface area contributed by atoms with Crippen molar-refractivity contribution in [2.24, 2.45) is 5.11 Å². The number of halogens is 1. The van der Waals surface area contributed by atoms with E-state index in [4.69, 9.17) is 5.53 Å². The van der Waals surface area contributed by atoms with E-state index < -0.39 is 0 Å². The van der Waals surface area contributed by atoms with E-state index in [-0.39, 0.29) is 0 Å². The molecule has 1 radical (unpaired) electrons. The lowest BCUT2D eigenvalue weighted by molar-refractivity contribution is 1.45. The van der Waals surface area contributed by atoms with Crippen molar-refractivity contribution in [3.63, 3.8) is 0 Å². The van der Waals surface area contributed by atoms with Gasteiger partial charge < -0.3 is 0 Å². The summed E-state index contributed by atoms with van der Waals surface area (Å²) in [6, 6.07) is 8.16. The van der Waals surface area contributed by atoms with Crippen LogP contribution < -0.4 is 0 Å². The third kappa shape index (κ3) is 1.89. The van der Waals surface area contributed by atoms with Gasteiger partial charge >= 0.3 is 0 Å². The van der Waals surface area contributed by atoms with E-state index in [1.807, 2.05) is 6.07 Å². The summed E-state index contributed by atoms with van der Waals surface area (Å²) >= 11 is 2.14. The van der Waals surface area contributed by atoms with Crippen LogP contribution in [0.15, 0.2) is 23.3 Å². The number of azide groups is 1. The second kappa shape index (κ2) is 3.43. The second-order valence-corrected chi connectivity index (χ2v) is 2.83. The molecule has 0 aliphatic rings. The van der Waals surface area contributed by atoms with Crippen molar-refractivity contribution in [1.82, 2.24) is 0 Å². The van der Waals surface area contributed by atoms with Crippen molar-refractivity contribution in [1.29, 1.82) is 0 Å². The molecule has 10 heavy (non-hydrogen) atoms. The maximum atomic E-state index is 8.05. The standard InChI is InChI=1S/C6H3IN3/c7-5-2-1-3-6(4-5)9-10-8/h1-2,4H. The van der Waals surface area contributed by atoms with Crippen molar-refractivity contribution in [3.05, 3.63) is 38.3 Å². The molecule has 0 heterocycles. The summed E-state index contributed by atoms with van der Waals surface area (Å²) in [6.45, 7) is 0. The highest BCUT2D eigenvalue weighted by Gasteiger charge is 1.87. The van der Waals surface area contributed by atoms with Crippen LogP contribution in [0.5, 0.6) is 0 Å². The van der Waals surface area contributed by atoms with Crippen LogP contribution in [0.2, 0.25) is 0 Å². The van der Waals surface area contributed by atoms with Gasteiger partial charge in [0.1, 0.15) is 0 Å². The quantitative estimate of drug-likeness (QED) is 0.315. The van der Waals surface area contributed by atoms with Crippen molar-refractivity contribution in [2.75, 3.05) is 0 Å². The predicted octanol–water partition coefficient (Wildman–Crippen LogP) is 3.03. The number of rotatable bonds is 1. The summed E-state index contributed by atoms with van der Waals surface area (Å²) in [5.74, 6) is 0. The van der Waals surface area contributed by atoms with E-state index >= 15 is 0 Å². The smallest absolute Gasteiger partial charge is 0.0464 e. The van der Waals surface area contributed by atoms with Gasteiger partial charge in [-0.3, -0.25) is 0 Å². The zero-order chi connectivity index (χ0) is 7.40. The van der Waals surface area contributed by atoms with E-state index in [2.05, 4.69) is 38.7 Å². The highest BCUT2D eigenvalue weighted by molar-refractivity contribution is 14.1. The van der Waals surface area contributed by atoms with Crippen LogP contribution in [0, 0.1) is 9.64 Å². The Balaban J connectivity index is 3.06. The Morgan fingerprint density at radius 1 is 1.70 bits per heavy atom. The fraction of sp³-hybridized carbons (Fsp3) is 0. The van der Waals surface area contributed by atoms with Crippen LogP contribution in [0.1, 0.15) is 0 Å². The minimum absolute atomic E-state index is 0.536. The molecule has 0 aliphatic carbocycles. The van der Waals surface area contributed by atoms with Crippen LogP contribution in [-0.2, 0) is 0 Å². The fourth-order valence-corrected chi connectivity index (χ4v) is 1.01. The molecule has 0 atom stereocenters. The molecular weight excluding hydrogens is 241 g/mol. The lowest BCUT2D eigenvalue weighted by atomic mass is 10.3. The molecule has 0 aromatic heterocycles. The van der Waals surface area contributed by atoms with Gasteiger partial charge in [-0.15, -0.1) is 0 Å². The number of hydrogen-bond donors (Lipinski definition) is 0. The first-order valence-electron chi connectivity index (χ1n) is 2.55. The number of benzene rings is 1. The summed E-state index contributed by atoms with van der Waals surface area (Å²) in [7, 11) is 0. The Bertz CT molecular complexity index is 278. The zero-order valence-electron chi connectivity index (χ0n) is 4.95. The van der Waals surface area contributed by atoms with E-state index in [9.17, 15) is 0 Å². The predicted molar refractivity (Wildman–Crippen MR) is 46.8 cm³/mol. The van der Waals surface area contributed by atoms with Gasteiger partial charge in [0.05, 0.1) is 0 Å². The molecule has 1 aromatic rings. The van der Waals surface area contributed by atoms with Crippen LogP contribution >= 0.6 is 22.6 Å². The van der Waals surface area contributed by atoms with Gasteiger partial charge in [-0.2, -0.15) is 0 Å². The molecule has 0 amide bonds. The van der Waals surface area contributed by atoms with Gasteiger partial charge in [-0.25, -0.2) is 0 Å². The molecule has 0 saturated carbocycles. The Morgan fingerprint density at radius 2 is 2.50 bits per heavy atom. The molecule has 0 fully saturated rings. The van der Waals surface area contributed by atoms with E-state index in [0.29, 0.717) is 5.69 Å². The second-order valence-electron chi connectivity index (χ2n) is 1.58. The summed E-state index contributed by atoms with van der Waals surface area (Å²) in [5.41, 5.74) is 8.58. The molecule has 49 valence electrons. The minimum atomic E-state index is 0.536. The fourth-order valence-electron chi connectivity index (χ4n) is 0.533. The average Bonchev–Trinajstić information content (AvgIpc) is 1.88. The molecule has 4 heteroatoms. The van der Waals surface area contributed by atoms with Crippen molar-refractivity contribution >= 4 is 28.3 Å². The molecule has 1 aromatic carbocycles. The van der Waals surface area contributed by atoms with Gasteiger partial charge in [0, 0.05) is 14.2 Å². The lowest BCUT2D eigenvalue weighted by Gasteiger charge is -1.88. The zero-order valence-corrected chi connectivity index (χ0v) is 7.11. The molecule has 0 spiro atoms. The number of hydrogen-bond acceptors (Lipinski definition) is 1. The molecule has 1 rings (SSSR count). The van der Waals surface area contributed by atoms with Gasteiger partial charge in [0.15, 0.2) is 0 Å². The largest absolute Gasteiger partial charge is 0.0601 e. The van der Waals surface area contributed by atoms with Crippen LogP contribution in [-0.4, -0.2) is 0 Å². The first-order chi connectivity index (χ1) is 4.83. The van der Waals surface area contributed by atoms with Gasteiger partial charge in [0.2, 0.25) is 0 Å². The summed E-state index contributed by atoms with van der Waals surface area (Å²) in [4.78, 5) is 2.64. The van der Waals surface area contributed by atoms with E-state index in [1.54, 1.807) is 12.1 Å². The highest BCUT2D eigenvalue weighted by Crippen LogP contribution is 2.14. The van der Waals surface area contributed by atoms with Crippen LogP contribution in [0.4, 0.5) is 5.69 Å². The highest BCUT2D eigenvalue weighted by atomic mass is 127. The first-order valence-corrected chi connectivity index (χ1v) is 3.63. The summed E-state index contributed by atoms with van der Waals surface area (Å²) < 4.78 is 1.04. The Kier molecular flexibility index (Phi) is 2.53. The molecule has 0 bridgehead atoms. The molecule has 0 unspecified atom stereocenters. The van der Waals surface area contributed by atoms with Gasteiger partial charge in [-0.05, 0) is 46.3 Å². The summed E-state index contributed by atoms with van der Waals surface area (Å²) in [5, 5.41) is 3.39. The van der Waals surface area contributed by atoms with Gasteiger partial charge in [0.25, 0.3) is 0 Å². The Morgan fingerprint density at radius 3 is 3.10 bits per heavy atom. The monoisotopic (exact) mass is 244 g/mol. The first kappa shape index (κ1) is 7.37. The maximum absolute atomic E-state index is 8.05. The Labute approximate surface area is 71.8 Å². The third-order valence-corrected chi connectivity index (χ3v) is 1.57. The topological polar surface area (TPSA) is 48.8 Å². The lowest BCUT2D eigenvalue weighted by Crippen LogP contribution is -1.66. The van der Waals surface area contributed by atoms with Crippen LogP contribution in [0.25, 0.3) is 10.4 Å². The molecule has 0 saturated heterocycles. The normalized spacial score (nSPS) is 8.50. The molecule has 0 aliphatic heterocycles. The number of nitrogens with zero attached hydrogens (tertiary/aromatic N) is 3. The molecular formula is C6H3IN3. The van der Waals surface area contributed by atoms with Gasteiger partial charge in [-0.1, -0.05) is 11.2 Å². The van der Waals surface area contributed by atoms with Crippen molar-refractivity contribution in [3.8, 4) is 0 Å². The van der Waals surface area contributed by atoms with Crippen molar-refractivity contribution in [2.45, 2.75) is 0 Å². The summed E-state index contributed by atoms with van der Waals surface area (Å²) in [6.07, 6.45) is 0. The average molecular weight is 244 g/mol. The SMILES string of the molecule is [N-]=[N+]=Nc1[c]ccc(I)c1. The molecule has 0 N–H and O–H groups in total. The van der Waals surface area contributed by atoms with E-state index in [1.165, 1.54) is 0 Å². The third-order valence-electron chi connectivity index (χ3n) is 0.901. The Hall–Kier alpha value is -0.740. The molecule has 3 nitrogen and oxygen atoms in total.